The van der Waals surface area contributed by atoms with Gasteiger partial charge in [0.15, 0.2) is 0 Å². The molecule has 0 aliphatic rings. The summed E-state index contributed by atoms with van der Waals surface area (Å²) in [6.07, 6.45) is 2.84. The average Bonchev–Trinajstić information content (AvgIpc) is 2.53. The van der Waals surface area contributed by atoms with Gasteiger partial charge < -0.3 is 4.98 Å². The maximum atomic E-state index is 5.77. The van der Waals surface area contributed by atoms with Crippen molar-refractivity contribution in [3.63, 3.8) is 0 Å². The van der Waals surface area contributed by atoms with Crippen molar-refractivity contribution in [3.8, 4) is 11.4 Å². The van der Waals surface area contributed by atoms with Gasteiger partial charge in [-0.2, -0.15) is 0 Å². The Hall–Kier alpha value is -1.28. The molecule has 1 radical (unpaired) electrons. The van der Waals surface area contributed by atoms with Crippen LogP contribution in [0.25, 0.3) is 11.4 Å². The number of aromatic amines is 1. The lowest BCUT2D eigenvalue weighted by molar-refractivity contribution is 1.25. The molecule has 2 rings (SSSR count). The smallest absolute Gasteiger partial charge is 0.138 e. The van der Waals surface area contributed by atoms with Gasteiger partial charge in [-0.3, -0.25) is 0 Å². The van der Waals surface area contributed by atoms with Gasteiger partial charge in [0.1, 0.15) is 12.0 Å². The largest absolute Gasteiger partial charge is 0.341 e. The Bertz CT molecular complexity index is 403. The number of nitrogens with zero attached hydrogens (tertiary/aromatic N) is 1. The molecule has 65 valence electrons. The molecule has 0 aliphatic heterocycles. The first-order chi connectivity index (χ1) is 6.25. The number of halogens is 1. The van der Waals surface area contributed by atoms with Gasteiger partial charge in [0.25, 0.3) is 0 Å². The first-order valence-electron chi connectivity index (χ1n) is 3.96. The molecule has 0 saturated heterocycles. The van der Waals surface area contributed by atoms with Crippen LogP contribution < -0.4 is 0 Å². The van der Waals surface area contributed by atoms with E-state index in [0.717, 1.165) is 22.1 Å². The maximum Gasteiger partial charge on any atom is 0.138 e. The van der Waals surface area contributed by atoms with E-state index in [0.29, 0.717) is 0 Å². The van der Waals surface area contributed by atoms with Crippen molar-refractivity contribution >= 4 is 11.6 Å². The number of nitrogens with one attached hydrogen (secondary N) is 1. The Morgan fingerprint density at radius 3 is 2.54 bits per heavy atom. The predicted molar refractivity (Wildman–Crippen MR) is 52.6 cm³/mol. The molecule has 1 heterocycles. The standard InChI is InChI=1S/C10H8ClN2/c1-7-6-12-10(13-7)8-2-4-9(11)5-3-8/h2-5H,1H3,(H,12,13). The first-order valence-corrected chi connectivity index (χ1v) is 4.34. The summed E-state index contributed by atoms with van der Waals surface area (Å²) in [6, 6.07) is 7.53. The molecule has 1 N–H and O–H groups in total. The van der Waals surface area contributed by atoms with Crippen LogP contribution >= 0.6 is 11.6 Å². The van der Waals surface area contributed by atoms with Crippen molar-refractivity contribution in [2.75, 3.05) is 0 Å². The van der Waals surface area contributed by atoms with Crippen molar-refractivity contribution in [2.45, 2.75) is 6.92 Å². The molecule has 3 heteroatoms. The third-order valence-electron chi connectivity index (χ3n) is 1.76. The second kappa shape index (κ2) is 3.23. The van der Waals surface area contributed by atoms with Gasteiger partial charge in [-0.05, 0) is 31.2 Å². The molecule has 0 spiro atoms. The van der Waals surface area contributed by atoms with Gasteiger partial charge in [-0.1, -0.05) is 11.6 Å². The molecule has 1 aromatic heterocycles. The third-order valence-corrected chi connectivity index (χ3v) is 2.01. The van der Waals surface area contributed by atoms with Gasteiger partial charge in [-0.25, -0.2) is 4.98 Å². The van der Waals surface area contributed by atoms with E-state index in [1.165, 1.54) is 0 Å². The van der Waals surface area contributed by atoms with Crippen LogP contribution in [-0.4, -0.2) is 9.97 Å². The highest BCUT2D eigenvalue weighted by molar-refractivity contribution is 6.30. The SMILES string of the molecule is Cc1[c]nc(-c2ccc(Cl)cc2)[nH]1. The zero-order valence-electron chi connectivity index (χ0n) is 7.13. The Labute approximate surface area is 81.6 Å². The molecular formula is C10H8ClN2. The van der Waals surface area contributed by atoms with Crippen LogP contribution in [0.15, 0.2) is 24.3 Å². The lowest BCUT2D eigenvalue weighted by Gasteiger charge is -1.95. The molecule has 0 unspecified atom stereocenters. The van der Waals surface area contributed by atoms with Crippen LogP contribution in [0.3, 0.4) is 0 Å². The fourth-order valence-corrected chi connectivity index (χ4v) is 1.24. The summed E-state index contributed by atoms with van der Waals surface area (Å²) in [4.78, 5) is 7.19. The number of benzene rings is 1. The minimum Gasteiger partial charge on any atom is -0.341 e. The number of H-pyrrole nitrogens is 1. The number of aromatic nitrogens is 2. The Balaban J connectivity index is 2.41. The van der Waals surface area contributed by atoms with Crippen molar-refractivity contribution in [1.82, 2.24) is 9.97 Å². The molecule has 2 nitrogen and oxygen atoms in total. The highest BCUT2D eigenvalue weighted by atomic mass is 35.5. The van der Waals surface area contributed by atoms with Crippen LogP contribution in [0.1, 0.15) is 5.69 Å². The average molecular weight is 192 g/mol. The molecule has 13 heavy (non-hydrogen) atoms. The summed E-state index contributed by atoms with van der Waals surface area (Å²) >= 11 is 5.77. The highest BCUT2D eigenvalue weighted by Crippen LogP contribution is 2.17. The van der Waals surface area contributed by atoms with Gasteiger partial charge in [0, 0.05) is 16.3 Å². The van der Waals surface area contributed by atoms with Crippen LogP contribution in [0.4, 0.5) is 0 Å². The van der Waals surface area contributed by atoms with Crippen molar-refractivity contribution in [3.05, 3.63) is 41.2 Å². The highest BCUT2D eigenvalue weighted by Gasteiger charge is 2.00. The van der Waals surface area contributed by atoms with E-state index in [2.05, 4.69) is 16.2 Å². The fourth-order valence-electron chi connectivity index (χ4n) is 1.12. The fraction of sp³-hybridized carbons (Fsp3) is 0.100. The third kappa shape index (κ3) is 1.73. The summed E-state index contributed by atoms with van der Waals surface area (Å²) in [5, 5.41) is 0.732. The minimum absolute atomic E-state index is 0.732. The Morgan fingerprint density at radius 1 is 1.31 bits per heavy atom. The summed E-state index contributed by atoms with van der Waals surface area (Å²) in [5.41, 5.74) is 1.96. The number of aryl methyl sites for hydroxylation is 1. The second-order valence-electron chi connectivity index (χ2n) is 2.83. The van der Waals surface area contributed by atoms with E-state index in [9.17, 15) is 0 Å². The van der Waals surface area contributed by atoms with Crippen LogP contribution in [-0.2, 0) is 0 Å². The monoisotopic (exact) mass is 191 g/mol. The predicted octanol–water partition coefficient (Wildman–Crippen LogP) is 2.84. The van der Waals surface area contributed by atoms with Gasteiger partial charge in [0.2, 0.25) is 0 Å². The second-order valence-corrected chi connectivity index (χ2v) is 3.27. The molecule has 1 aromatic carbocycles. The van der Waals surface area contributed by atoms with Gasteiger partial charge in [0.05, 0.1) is 0 Å². The quantitative estimate of drug-likeness (QED) is 0.738. The van der Waals surface area contributed by atoms with Gasteiger partial charge in [-0.15, -0.1) is 0 Å². The topological polar surface area (TPSA) is 28.7 Å². The summed E-state index contributed by atoms with van der Waals surface area (Å²) < 4.78 is 0. The molecule has 0 bridgehead atoms. The molecule has 0 atom stereocenters. The van der Waals surface area contributed by atoms with Gasteiger partial charge >= 0.3 is 0 Å². The zero-order chi connectivity index (χ0) is 9.26. The summed E-state index contributed by atoms with van der Waals surface area (Å²) in [7, 11) is 0. The van der Waals surface area contributed by atoms with E-state index in [-0.39, 0.29) is 0 Å². The van der Waals surface area contributed by atoms with Crippen molar-refractivity contribution in [1.29, 1.82) is 0 Å². The number of hydrogen-bond acceptors (Lipinski definition) is 1. The summed E-state index contributed by atoms with van der Waals surface area (Å²) in [6.45, 7) is 1.92. The lowest BCUT2D eigenvalue weighted by Crippen LogP contribution is -1.79. The van der Waals surface area contributed by atoms with Crippen LogP contribution in [0, 0.1) is 13.1 Å². The van der Waals surface area contributed by atoms with E-state index >= 15 is 0 Å². The molecule has 2 aromatic rings. The van der Waals surface area contributed by atoms with E-state index in [1.54, 1.807) is 0 Å². The number of imidazole rings is 1. The molecule has 0 saturated carbocycles. The molecule has 0 amide bonds. The zero-order valence-corrected chi connectivity index (χ0v) is 7.89. The van der Waals surface area contributed by atoms with Crippen molar-refractivity contribution < 1.29 is 0 Å². The van der Waals surface area contributed by atoms with Crippen LogP contribution in [0.5, 0.6) is 0 Å². The lowest BCUT2D eigenvalue weighted by atomic mass is 10.2. The molecule has 0 aliphatic carbocycles. The molecule has 0 fully saturated rings. The van der Waals surface area contributed by atoms with Crippen LogP contribution in [0.2, 0.25) is 5.02 Å². The van der Waals surface area contributed by atoms with E-state index in [1.807, 2.05) is 31.2 Å². The number of rotatable bonds is 1. The molecular weight excluding hydrogens is 184 g/mol. The first kappa shape index (κ1) is 8.32. The normalized spacial score (nSPS) is 10.3. The number of hydrogen-bond donors (Lipinski definition) is 1. The maximum absolute atomic E-state index is 5.77. The van der Waals surface area contributed by atoms with E-state index in [4.69, 9.17) is 11.6 Å². The van der Waals surface area contributed by atoms with Crippen molar-refractivity contribution in [2.24, 2.45) is 0 Å². The summed E-state index contributed by atoms with van der Waals surface area (Å²) in [5.74, 6) is 0.828. The Kier molecular flexibility index (Phi) is 2.07. The van der Waals surface area contributed by atoms with E-state index < -0.39 is 0 Å². The minimum atomic E-state index is 0.732. The Morgan fingerprint density at radius 2 is 2.00 bits per heavy atom.